The molecule has 0 saturated heterocycles. The number of nitrogens with zero attached hydrogens (tertiary/aromatic N) is 1. The van der Waals surface area contributed by atoms with E-state index in [-0.39, 0.29) is 12.6 Å². The third-order valence-electron chi connectivity index (χ3n) is 4.15. The summed E-state index contributed by atoms with van der Waals surface area (Å²) in [5.41, 5.74) is 0. The van der Waals surface area contributed by atoms with E-state index in [1.54, 1.807) is 0 Å². The average molecular weight is 316 g/mol. The lowest BCUT2D eigenvalue weighted by Crippen LogP contribution is -2.42. The van der Waals surface area contributed by atoms with Crippen LogP contribution in [0.1, 0.15) is 77.6 Å². The van der Waals surface area contributed by atoms with Gasteiger partial charge in [0, 0.05) is 19.4 Å². The minimum absolute atomic E-state index is 0.145. The summed E-state index contributed by atoms with van der Waals surface area (Å²) in [7, 11) is 3.98. The zero-order valence-electron chi connectivity index (χ0n) is 15.2. The largest absolute Gasteiger partial charge is 0.356 e. The van der Waals surface area contributed by atoms with Crippen LogP contribution in [0.5, 0.6) is 0 Å². The molecule has 0 fully saturated rings. The zero-order chi connectivity index (χ0) is 16.7. The van der Waals surface area contributed by atoms with Gasteiger partial charge in [-0.25, -0.2) is 0 Å². The van der Waals surface area contributed by atoms with Gasteiger partial charge in [0.15, 0.2) is 6.73 Å². The summed E-state index contributed by atoms with van der Waals surface area (Å²) in [6.07, 6.45) is 13.1. The summed E-state index contributed by atoms with van der Waals surface area (Å²) in [4.78, 5) is 11.7. The molecule has 0 atom stereocenters. The van der Waals surface area contributed by atoms with Crippen LogP contribution in [-0.4, -0.2) is 49.4 Å². The molecule has 22 heavy (non-hydrogen) atoms. The van der Waals surface area contributed by atoms with Gasteiger partial charge in [0.05, 0.1) is 20.6 Å². The van der Waals surface area contributed by atoms with Gasteiger partial charge >= 0.3 is 0 Å². The van der Waals surface area contributed by atoms with E-state index in [9.17, 15) is 4.79 Å². The first-order valence-electron chi connectivity index (χ1n) is 9.21. The van der Waals surface area contributed by atoms with Gasteiger partial charge < -0.3 is 14.9 Å². The average Bonchev–Trinajstić information content (AvgIpc) is 2.50. The van der Waals surface area contributed by atoms with Crippen molar-refractivity contribution >= 4 is 5.91 Å². The minimum Gasteiger partial charge on any atom is -0.356 e. The number of aliphatic hydroxyl groups is 1. The second-order valence-electron chi connectivity index (χ2n) is 7.08. The van der Waals surface area contributed by atoms with E-state index in [4.69, 9.17) is 5.11 Å². The van der Waals surface area contributed by atoms with Gasteiger partial charge in [-0.2, -0.15) is 0 Å². The third kappa shape index (κ3) is 14.3. The van der Waals surface area contributed by atoms with Crippen LogP contribution in [0.15, 0.2) is 0 Å². The molecule has 0 spiro atoms. The highest BCUT2D eigenvalue weighted by atomic mass is 16.3. The monoisotopic (exact) mass is 315 g/mol. The van der Waals surface area contributed by atoms with Crippen molar-refractivity contribution < 1.29 is 14.4 Å². The van der Waals surface area contributed by atoms with Crippen LogP contribution < -0.4 is 5.32 Å². The summed E-state index contributed by atoms with van der Waals surface area (Å²) in [6.45, 7) is 4.00. The van der Waals surface area contributed by atoms with Crippen LogP contribution in [0.3, 0.4) is 0 Å². The lowest BCUT2D eigenvalue weighted by Gasteiger charge is -2.26. The number of hydrogen-bond donors (Lipinski definition) is 2. The van der Waals surface area contributed by atoms with E-state index in [1.807, 2.05) is 14.1 Å². The fourth-order valence-electron chi connectivity index (χ4n) is 2.49. The molecule has 0 rings (SSSR count). The number of quaternary nitrogens is 1. The Balaban J connectivity index is 3.29. The third-order valence-corrected chi connectivity index (χ3v) is 4.15. The molecule has 0 bridgehead atoms. The number of rotatable bonds is 15. The van der Waals surface area contributed by atoms with Gasteiger partial charge in [-0.15, -0.1) is 0 Å². The highest BCUT2D eigenvalue weighted by Gasteiger charge is 2.11. The van der Waals surface area contributed by atoms with E-state index in [0.29, 0.717) is 10.9 Å². The summed E-state index contributed by atoms with van der Waals surface area (Å²) < 4.78 is 0.591. The Morgan fingerprint density at radius 1 is 0.909 bits per heavy atom. The van der Waals surface area contributed by atoms with Crippen LogP contribution in [0.25, 0.3) is 0 Å². The maximum Gasteiger partial charge on any atom is 0.219 e. The Bertz CT molecular complexity index is 268. The van der Waals surface area contributed by atoms with Gasteiger partial charge in [0.2, 0.25) is 5.91 Å². The summed E-state index contributed by atoms with van der Waals surface area (Å²) in [6, 6.07) is 0. The SMILES string of the molecule is CCCCCCCCCCCC(=O)NCCC[N+](C)(C)CO. The molecule has 0 aliphatic carbocycles. The van der Waals surface area contributed by atoms with Crippen molar-refractivity contribution in [1.29, 1.82) is 0 Å². The normalized spacial score (nSPS) is 11.6. The molecule has 4 heteroatoms. The molecular formula is C18H39N2O2+. The van der Waals surface area contributed by atoms with E-state index in [2.05, 4.69) is 12.2 Å². The quantitative estimate of drug-likeness (QED) is 0.276. The van der Waals surface area contributed by atoms with E-state index < -0.39 is 0 Å². The fraction of sp³-hybridized carbons (Fsp3) is 0.944. The van der Waals surface area contributed by atoms with Crippen molar-refractivity contribution in [2.45, 2.75) is 77.6 Å². The number of hydrogen-bond acceptors (Lipinski definition) is 2. The summed E-state index contributed by atoms with van der Waals surface area (Å²) in [5, 5.41) is 12.1. The molecule has 0 saturated carbocycles. The molecule has 0 aromatic carbocycles. The Kier molecular flexibility index (Phi) is 13.6. The van der Waals surface area contributed by atoms with Crippen molar-refractivity contribution in [3.05, 3.63) is 0 Å². The van der Waals surface area contributed by atoms with Crippen LogP contribution >= 0.6 is 0 Å². The number of unbranched alkanes of at least 4 members (excludes halogenated alkanes) is 8. The first-order chi connectivity index (χ1) is 10.5. The highest BCUT2D eigenvalue weighted by molar-refractivity contribution is 5.75. The fourth-order valence-corrected chi connectivity index (χ4v) is 2.49. The molecular weight excluding hydrogens is 276 g/mol. The number of carbonyl (C=O) groups is 1. The minimum atomic E-state index is 0.145. The van der Waals surface area contributed by atoms with Crippen molar-refractivity contribution in [1.82, 2.24) is 5.32 Å². The molecule has 0 aromatic heterocycles. The highest BCUT2D eigenvalue weighted by Crippen LogP contribution is 2.10. The molecule has 0 radical (unpaired) electrons. The van der Waals surface area contributed by atoms with Crippen molar-refractivity contribution in [3.8, 4) is 0 Å². The van der Waals surface area contributed by atoms with Crippen LogP contribution in [0.2, 0.25) is 0 Å². The standard InChI is InChI=1S/C18H38N2O2/c1-4-5-6-7-8-9-10-11-12-14-18(22)19-15-13-16-20(2,3)17-21/h21H,4-17H2,1-3H3/p+1. The summed E-state index contributed by atoms with van der Waals surface area (Å²) >= 11 is 0. The van der Waals surface area contributed by atoms with Crippen molar-refractivity contribution in [3.63, 3.8) is 0 Å². The Hall–Kier alpha value is -0.610. The maximum atomic E-state index is 11.7. The molecule has 0 aliphatic rings. The first-order valence-corrected chi connectivity index (χ1v) is 9.21. The van der Waals surface area contributed by atoms with E-state index in [0.717, 1.165) is 25.9 Å². The van der Waals surface area contributed by atoms with Gasteiger partial charge in [-0.1, -0.05) is 58.3 Å². The van der Waals surface area contributed by atoms with Gasteiger partial charge in [-0.3, -0.25) is 4.79 Å². The number of nitrogens with one attached hydrogen (secondary N) is 1. The van der Waals surface area contributed by atoms with E-state index >= 15 is 0 Å². The second kappa shape index (κ2) is 14.0. The van der Waals surface area contributed by atoms with Crippen LogP contribution in [0, 0.1) is 0 Å². The molecule has 0 aromatic rings. The number of carbonyl (C=O) groups excluding carboxylic acids is 1. The van der Waals surface area contributed by atoms with E-state index in [1.165, 1.54) is 51.4 Å². The Labute approximate surface area is 137 Å². The predicted octanol–water partition coefficient (Wildman–Crippen LogP) is 3.44. The molecule has 0 aliphatic heterocycles. The zero-order valence-corrected chi connectivity index (χ0v) is 15.2. The molecule has 0 unspecified atom stereocenters. The van der Waals surface area contributed by atoms with Gasteiger partial charge in [0.25, 0.3) is 0 Å². The Morgan fingerprint density at radius 2 is 1.45 bits per heavy atom. The molecule has 0 heterocycles. The summed E-state index contributed by atoms with van der Waals surface area (Å²) in [5.74, 6) is 0.178. The smallest absolute Gasteiger partial charge is 0.219 e. The first kappa shape index (κ1) is 21.4. The predicted molar refractivity (Wildman–Crippen MR) is 93.5 cm³/mol. The second-order valence-corrected chi connectivity index (χ2v) is 7.08. The molecule has 4 nitrogen and oxygen atoms in total. The molecule has 1 amide bonds. The van der Waals surface area contributed by atoms with Gasteiger partial charge in [-0.05, 0) is 6.42 Å². The topological polar surface area (TPSA) is 49.3 Å². The maximum absolute atomic E-state index is 11.7. The lowest BCUT2D eigenvalue weighted by atomic mass is 10.1. The van der Waals surface area contributed by atoms with Crippen LogP contribution in [-0.2, 0) is 4.79 Å². The Morgan fingerprint density at radius 3 is 2.00 bits per heavy atom. The number of amides is 1. The van der Waals surface area contributed by atoms with Crippen molar-refractivity contribution in [2.24, 2.45) is 0 Å². The molecule has 2 N–H and O–H groups in total. The van der Waals surface area contributed by atoms with Gasteiger partial charge in [0.1, 0.15) is 0 Å². The molecule has 132 valence electrons. The number of aliphatic hydroxyl groups excluding tert-OH is 1. The van der Waals surface area contributed by atoms with Crippen molar-refractivity contribution in [2.75, 3.05) is 33.9 Å². The van der Waals surface area contributed by atoms with Crippen LogP contribution in [0.4, 0.5) is 0 Å². The lowest BCUT2D eigenvalue weighted by molar-refractivity contribution is -0.908.